The third-order valence-corrected chi connectivity index (χ3v) is 4.32. The molecule has 2 rings (SSSR count). The lowest BCUT2D eigenvalue weighted by Gasteiger charge is -2.28. The summed E-state index contributed by atoms with van der Waals surface area (Å²) in [5.74, 6) is -0.287. The van der Waals surface area contributed by atoms with E-state index in [0.29, 0.717) is 0 Å². The van der Waals surface area contributed by atoms with Crippen LogP contribution in [0.1, 0.15) is 25.5 Å². The van der Waals surface area contributed by atoms with Crippen LogP contribution in [-0.4, -0.2) is 13.1 Å². The van der Waals surface area contributed by atoms with Crippen molar-refractivity contribution in [3.8, 4) is 0 Å². The molecule has 1 unspecified atom stereocenters. The molecule has 1 atom stereocenters. The number of carbonyl (C=O) groups excluding carboxylic acids is 1. The van der Waals surface area contributed by atoms with Crippen molar-refractivity contribution in [2.45, 2.75) is 19.9 Å². The van der Waals surface area contributed by atoms with Crippen molar-refractivity contribution in [2.24, 2.45) is 11.1 Å². The van der Waals surface area contributed by atoms with Crippen LogP contribution in [-0.2, 0) is 9.53 Å². The van der Waals surface area contributed by atoms with Crippen molar-refractivity contribution in [1.29, 1.82) is 0 Å². The number of hydrogen-bond donors (Lipinski definition) is 1. The lowest BCUT2D eigenvalue weighted by atomic mass is 9.81. The van der Waals surface area contributed by atoms with E-state index in [-0.39, 0.29) is 12.0 Å². The van der Waals surface area contributed by atoms with Gasteiger partial charge in [0.05, 0.1) is 12.5 Å². The number of ether oxygens (including phenoxy) is 1. The molecule has 0 aliphatic heterocycles. The van der Waals surface area contributed by atoms with E-state index in [1.54, 1.807) is 11.3 Å². The van der Waals surface area contributed by atoms with Crippen molar-refractivity contribution in [2.75, 3.05) is 7.11 Å². The first-order valence-corrected chi connectivity index (χ1v) is 6.66. The Balaban J connectivity index is 2.45. The summed E-state index contributed by atoms with van der Waals surface area (Å²) in [5, 5.41) is 3.15. The molecule has 0 saturated carbocycles. The minimum atomic E-state index is -0.738. The van der Waals surface area contributed by atoms with Gasteiger partial charge in [0.15, 0.2) is 0 Å². The lowest BCUT2D eigenvalue weighted by Crippen LogP contribution is -2.37. The number of benzene rings is 1. The summed E-state index contributed by atoms with van der Waals surface area (Å²) in [6.07, 6.45) is 0. The van der Waals surface area contributed by atoms with E-state index in [1.165, 1.54) is 11.8 Å². The van der Waals surface area contributed by atoms with Crippen molar-refractivity contribution in [3.63, 3.8) is 0 Å². The molecule has 1 aromatic carbocycles. The number of nitrogens with two attached hydrogens (primary N) is 1. The van der Waals surface area contributed by atoms with E-state index >= 15 is 0 Å². The number of hydrogen-bond acceptors (Lipinski definition) is 4. The van der Waals surface area contributed by atoms with Crippen LogP contribution in [0.5, 0.6) is 0 Å². The summed E-state index contributed by atoms with van der Waals surface area (Å²) in [7, 11) is 1.39. The van der Waals surface area contributed by atoms with Gasteiger partial charge in [0.25, 0.3) is 0 Å². The molecule has 0 spiro atoms. The Morgan fingerprint density at radius 3 is 2.72 bits per heavy atom. The average molecular weight is 263 g/mol. The first kappa shape index (κ1) is 13.1. The van der Waals surface area contributed by atoms with Crippen LogP contribution >= 0.6 is 11.3 Å². The van der Waals surface area contributed by atoms with Gasteiger partial charge in [0.1, 0.15) is 0 Å². The molecule has 0 bridgehead atoms. The minimum absolute atomic E-state index is 0.287. The van der Waals surface area contributed by atoms with Gasteiger partial charge < -0.3 is 10.5 Å². The largest absolute Gasteiger partial charge is 0.469 e. The van der Waals surface area contributed by atoms with Gasteiger partial charge in [0, 0.05) is 10.7 Å². The molecule has 2 N–H and O–H groups in total. The van der Waals surface area contributed by atoms with Crippen LogP contribution < -0.4 is 5.73 Å². The molecule has 0 aliphatic carbocycles. The Hall–Kier alpha value is -1.39. The predicted molar refractivity (Wildman–Crippen MR) is 74.6 cm³/mol. The van der Waals surface area contributed by atoms with E-state index in [0.717, 1.165) is 10.9 Å². The molecule has 18 heavy (non-hydrogen) atoms. The van der Waals surface area contributed by atoms with Crippen molar-refractivity contribution in [3.05, 3.63) is 35.2 Å². The van der Waals surface area contributed by atoms with Gasteiger partial charge in [-0.25, -0.2) is 0 Å². The number of rotatable bonds is 3. The van der Waals surface area contributed by atoms with Gasteiger partial charge in [-0.1, -0.05) is 18.2 Å². The van der Waals surface area contributed by atoms with Crippen molar-refractivity contribution in [1.82, 2.24) is 0 Å². The predicted octanol–water partition coefficient (Wildman–Crippen LogP) is 3.10. The van der Waals surface area contributed by atoms with Crippen LogP contribution in [0.4, 0.5) is 0 Å². The fourth-order valence-electron chi connectivity index (χ4n) is 2.02. The zero-order valence-corrected chi connectivity index (χ0v) is 11.6. The molecule has 0 saturated heterocycles. The molecular formula is C14H17NO2S. The zero-order chi connectivity index (χ0) is 13.3. The molecular weight excluding hydrogens is 246 g/mol. The van der Waals surface area contributed by atoms with Crippen LogP contribution in [0.15, 0.2) is 29.6 Å². The highest BCUT2D eigenvalue weighted by atomic mass is 32.1. The normalized spacial score (nSPS) is 13.6. The third kappa shape index (κ3) is 2.02. The van der Waals surface area contributed by atoms with Gasteiger partial charge >= 0.3 is 5.97 Å². The van der Waals surface area contributed by atoms with Gasteiger partial charge in [0.2, 0.25) is 0 Å². The smallest absolute Gasteiger partial charge is 0.313 e. The van der Waals surface area contributed by atoms with E-state index in [2.05, 4.69) is 6.07 Å². The maximum absolute atomic E-state index is 11.8. The Morgan fingerprint density at radius 2 is 2.06 bits per heavy atom. The summed E-state index contributed by atoms with van der Waals surface area (Å²) in [4.78, 5) is 11.8. The standard InChI is InChI=1S/C14H17NO2S/c1-14(2,13(16)17-3)12(15)10-8-18-11-7-5-4-6-9(10)11/h4-8,12H,15H2,1-3H3. The molecule has 0 radical (unpaired) electrons. The van der Waals surface area contributed by atoms with Crippen LogP contribution in [0.25, 0.3) is 10.1 Å². The van der Waals surface area contributed by atoms with Gasteiger partial charge in [-0.05, 0) is 36.2 Å². The monoisotopic (exact) mass is 263 g/mol. The minimum Gasteiger partial charge on any atom is -0.469 e. The van der Waals surface area contributed by atoms with Crippen molar-refractivity contribution >= 4 is 27.4 Å². The molecule has 3 nitrogen and oxygen atoms in total. The first-order valence-electron chi connectivity index (χ1n) is 5.78. The first-order chi connectivity index (χ1) is 8.48. The SMILES string of the molecule is COC(=O)C(C)(C)C(N)c1csc2ccccc12. The second kappa shape index (κ2) is 4.71. The topological polar surface area (TPSA) is 52.3 Å². The average Bonchev–Trinajstić information content (AvgIpc) is 2.80. The molecule has 0 aliphatic rings. The number of esters is 1. The quantitative estimate of drug-likeness (QED) is 0.866. The molecule has 96 valence electrons. The molecule has 1 aromatic heterocycles. The summed E-state index contributed by atoms with van der Waals surface area (Å²) in [5.41, 5.74) is 6.53. The molecule has 1 heterocycles. The Kier molecular flexibility index (Phi) is 3.41. The Labute approximate surface area is 111 Å². The van der Waals surface area contributed by atoms with E-state index < -0.39 is 5.41 Å². The summed E-state index contributed by atoms with van der Waals surface area (Å²) < 4.78 is 6.01. The van der Waals surface area contributed by atoms with E-state index in [4.69, 9.17) is 10.5 Å². The molecule has 0 fully saturated rings. The number of carbonyl (C=O) groups is 1. The highest BCUT2D eigenvalue weighted by Crippen LogP contribution is 2.38. The van der Waals surface area contributed by atoms with E-state index in [1.807, 2.05) is 37.4 Å². The highest BCUT2D eigenvalue weighted by Gasteiger charge is 2.37. The molecule has 0 amide bonds. The van der Waals surface area contributed by atoms with Gasteiger partial charge in [-0.2, -0.15) is 0 Å². The lowest BCUT2D eigenvalue weighted by molar-refractivity contribution is -0.152. The van der Waals surface area contributed by atoms with Crippen LogP contribution in [0.3, 0.4) is 0 Å². The second-order valence-electron chi connectivity index (χ2n) is 4.88. The number of fused-ring (bicyclic) bond motifs is 1. The zero-order valence-electron chi connectivity index (χ0n) is 10.8. The molecule has 2 aromatic rings. The summed E-state index contributed by atoms with van der Waals surface area (Å²) >= 11 is 1.65. The van der Waals surface area contributed by atoms with Crippen molar-refractivity contribution < 1.29 is 9.53 Å². The number of methoxy groups -OCH3 is 1. The Bertz CT molecular complexity index is 574. The molecule has 4 heteroatoms. The van der Waals surface area contributed by atoms with Crippen LogP contribution in [0.2, 0.25) is 0 Å². The fraction of sp³-hybridized carbons (Fsp3) is 0.357. The fourth-order valence-corrected chi connectivity index (χ4v) is 3.02. The third-order valence-electron chi connectivity index (χ3n) is 3.33. The van der Waals surface area contributed by atoms with Gasteiger partial charge in [-0.3, -0.25) is 4.79 Å². The maximum atomic E-state index is 11.8. The Morgan fingerprint density at radius 1 is 1.39 bits per heavy atom. The summed E-state index contributed by atoms with van der Waals surface area (Å²) in [6, 6.07) is 7.70. The van der Waals surface area contributed by atoms with Crippen LogP contribution in [0, 0.1) is 5.41 Å². The van der Waals surface area contributed by atoms with Gasteiger partial charge in [-0.15, -0.1) is 11.3 Å². The number of thiophene rings is 1. The maximum Gasteiger partial charge on any atom is 0.313 e. The highest BCUT2D eigenvalue weighted by molar-refractivity contribution is 7.17. The van der Waals surface area contributed by atoms with E-state index in [9.17, 15) is 4.79 Å². The second-order valence-corrected chi connectivity index (χ2v) is 5.79. The summed E-state index contributed by atoms with van der Waals surface area (Å²) in [6.45, 7) is 3.63.